The second-order valence-electron chi connectivity index (χ2n) is 5.71. The minimum absolute atomic E-state index is 0. The summed E-state index contributed by atoms with van der Waals surface area (Å²) in [6, 6.07) is 8.68. The lowest BCUT2D eigenvalue weighted by atomic mass is 10.2. The molecule has 0 radical (unpaired) electrons. The lowest BCUT2D eigenvalue weighted by molar-refractivity contribution is -0.912. The van der Waals surface area contributed by atoms with E-state index >= 15 is 0 Å². The van der Waals surface area contributed by atoms with Crippen molar-refractivity contribution in [1.29, 1.82) is 0 Å². The van der Waals surface area contributed by atoms with E-state index in [0.29, 0.717) is 6.04 Å². The van der Waals surface area contributed by atoms with Gasteiger partial charge in [0.25, 0.3) is 0 Å². The number of hydrogen-bond donors (Lipinski definition) is 2. The van der Waals surface area contributed by atoms with Gasteiger partial charge in [-0.2, -0.15) is 0 Å². The van der Waals surface area contributed by atoms with E-state index in [1.807, 2.05) is 12.1 Å². The molecule has 1 fully saturated rings. The fourth-order valence-corrected chi connectivity index (χ4v) is 2.67. The molecule has 1 aliphatic heterocycles. The zero-order chi connectivity index (χ0) is 13.2. The van der Waals surface area contributed by atoms with Gasteiger partial charge in [-0.15, -0.1) is 0 Å². The summed E-state index contributed by atoms with van der Waals surface area (Å²) in [4.78, 5) is 2.40. The second-order valence-corrected chi connectivity index (χ2v) is 5.71. The first kappa shape index (κ1) is 16.1. The van der Waals surface area contributed by atoms with Crippen LogP contribution in [0.1, 0.15) is 6.42 Å². The van der Waals surface area contributed by atoms with Crippen LogP contribution < -0.4 is 23.0 Å². The second kappa shape index (κ2) is 6.46. The average Bonchev–Trinajstić information content (AvgIpc) is 2.80. The van der Waals surface area contributed by atoms with Crippen molar-refractivity contribution in [1.82, 2.24) is 0 Å². The molecule has 108 valence electrons. The Hall–Kier alpha value is -0.970. The number of nitrogens with two attached hydrogens (primary N) is 1. The Morgan fingerprint density at radius 1 is 1.32 bits per heavy atom. The Labute approximate surface area is 121 Å². The van der Waals surface area contributed by atoms with Crippen LogP contribution in [0.25, 0.3) is 0 Å². The molecule has 1 aliphatic rings. The van der Waals surface area contributed by atoms with E-state index in [2.05, 4.69) is 31.1 Å². The van der Waals surface area contributed by atoms with Gasteiger partial charge in [0, 0.05) is 24.3 Å². The zero-order valence-corrected chi connectivity index (χ0v) is 12.5. The third-order valence-corrected chi connectivity index (χ3v) is 4.09. The van der Waals surface area contributed by atoms with Crippen LogP contribution in [-0.4, -0.2) is 56.0 Å². The van der Waals surface area contributed by atoms with Crippen LogP contribution in [0.2, 0.25) is 0 Å². The lowest BCUT2D eigenvalue weighted by Gasteiger charge is -2.35. The van der Waals surface area contributed by atoms with Crippen LogP contribution in [0.5, 0.6) is 0 Å². The van der Waals surface area contributed by atoms with E-state index < -0.39 is 0 Å². The van der Waals surface area contributed by atoms with Crippen molar-refractivity contribution in [2.24, 2.45) is 0 Å². The number of quaternary nitrogens is 1. The van der Waals surface area contributed by atoms with Crippen LogP contribution in [-0.2, 0) is 0 Å². The molecule has 0 aliphatic carbocycles. The van der Waals surface area contributed by atoms with Gasteiger partial charge in [-0.3, -0.25) is 0 Å². The van der Waals surface area contributed by atoms with Gasteiger partial charge in [-0.1, -0.05) is 0 Å². The molecule has 1 atom stereocenters. The topological polar surface area (TPSA) is 49.5 Å². The monoisotopic (exact) mass is 285 g/mol. The summed E-state index contributed by atoms with van der Waals surface area (Å²) < 4.78 is 0.891. The number of rotatable bonds is 4. The molecule has 1 heterocycles. The highest BCUT2D eigenvalue weighted by atomic mass is 35.5. The van der Waals surface area contributed by atoms with Crippen molar-refractivity contribution >= 4 is 11.4 Å². The molecule has 0 saturated carbocycles. The first-order valence-corrected chi connectivity index (χ1v) is 6.57. The number of aliphatic hydroxyl groups is 1. The van der Waals surface area contributed by atoms with Gasteiger partial charge in [0.15, 0.2) is 0 Å². The number of benzene rings is 1. The Kier molecular flexibility index (Phi) is 5.47. The predicted octanol–water partition coefficient (Wildman–Crippen LogP) is -2.08. The third-order valence-electron chi connectivity index (χ3n) is 4.09. The summed E-state index contributed by atoms with van der Waals surface area (Å²) in [5.41, 5.74) is 7.77. The molecule has 4 nitrogen and oxygen atoms in total. The minimum atomic E-state index is 0. The highest BCUT2D eigenvalue weighted by Crippen LogP contribution is 2.25. The van der Waals surface area contributed by atoms with E-state index in [-0.39, 0.29) is 19.0 Å². The van der Waals surface area contributed by atoms with Crippen LogP contribution >= 0.6 is 0 Å². The van der Waals surface area contributed by atoms with Gasteiger partial charge in [0.1, 0.15) is 12.6 Å². The van der Waals surface area contributed by atoms with E-state index in [4.69, 9.17) is 10.8 Å². The average molecular weight is 286 g/mol. The largest absolute Gasteiger partial charge is 1.00 e. The smallest absolute Gasteiger partial charge is 0.108 e. The molecule has 1 aromatic carbocycles. The fourth-order valence-electron chi connectivity index (χ4n) is 2.67. The summed E-state index contributed by atoms with van der Waals surface area (Å²) in [5.74, 6) is 0. The number of hydrogen-bond acceptors (Lipinski definition) is 3. The summed E-state index contributed by atoms with van der Waals surface area (Å²) in [5, 5.41) is 9.13. The van der Waals surface area contributed by atoms with E-state index in [1.54, 1.807) is 0 Å². The van der Waals surface area contributed by atoms with Crippen molar-refractivity contribution in [2.45, 2.75) is 12.5 Å². The number of nitrogen functional groups attached to an aromatic ring is 1. The molecule has 1 aromatic rings. The molecule has 0 aromatic heterocycles. The molecular formula is C14H24ClN3O. The van der Waals surface area contributed by atoms with E-state index in [1.165, 1.54) is 12.1 Å². The quantitative estimate of drug-likeness (QED) is 0.493. The van der Waals surface area contributed by atoms with Crippen LogP contribution in [0.3, 0.4) is 0 Å². The summed E-state index contributed by atoms with van der Waals surface area (Å²) in [7, 11) is 4.40. The SMILES string of the molecule is C[N+](C)(CCO)C1CCN(c2ccc(N)cc2)C1.[Cl-]. The highest BCUT2D eigenvalue weighted by molar-refractivity contribution is 5.53. The number of halogens is 1. The maximum Gasteiger partial charge on any atom is 0.108 e. The summed E-state index contributed by atoms with van der Waals surface area (Å²) in [6.45, 7) is 3.21. The number of anilines is 2. The molecule has 2 rings (SSSR count). The fraction of sp³-hybridized carbons (Fsp3) is 0.571. The standard InChI is InChI=1S/C14H24N3O.ClH/c1-17(2,9-10-18)14-7-8-16(11-14)13-5-3-12(15)4-6-13;/h3-6,14,18H,7-11,15H2,1-2H3;1H/q+1;/p-1. The van der Waals surface area contributed by atoms with Crippen molar-refractivity contribution in [3.05, 3.63) is 24.3 Å². The summed E-state index contributed by atoms with van der Waals surface area (Å²) >= 11 is 0. The maximum atomic E-state index is 9.13. The normalized spacial score (nSPS) is 19.3. The Morgan fingerprint density at radius 2 is 1.95 bits per heavy atom. The predicted molar refractivity (Wildman–Crippen MR) is 75.5 cm³/mol. The zero-order valence-electron chi connectivity index (χ0n) is 11.7. The van der Waals surface area contributed by atoms with Crippen molar-refractivity contribution in [3.8, 4) is 0 Å². The van der Waals surface area contributed by atoms with Gasteiger partial charge in [0.05, 0.1) is 27.2 Å². The number of likely N-dealkylation sites (N-methyl/N-ethyl adjacent to an activating group) is 1. The molecule has 19 heavy (non-hydrogen) atoms. The molecule has 0 bridgehead atoms. The van der Waals surface area contributed by atoms with Gasteiger partial charge in [-0.25, -0.2) is 0 Å². The first-order valence-electron chi connectivity index (χ1n) is 6.57. The molecule has 1 saturated heterocycles. The van der Waals surface area contributed by atoms with Crippen molar-refractivity contribution in [2.75, 3.05) is 51.0 Å². The molecule has 1 unspecified atom stereocenters. The molecule has 3 N–H and O–H groups in total. The maximum absolute atomic E-state index is 9.13. The van der Waals surface area contributed by atoms with Gasteiger partial charge < -0.3 is 32.6 Å². The molecule has 5 heteroatoms. The van der Waals surface area contributed by atoms with Crippen LogP contribution in [0, 0.1) is 0 Å². The Morgan fingerprint density at radius 3 is 2.53 bits per heavy atom. The molecule has 0 amide bonds. The number of nitrogens with zero attached hydrogens (tertiary/aromatic N) is 2. The van der Waals surface area contributed by atoms with E-state index in [0.717, 1.165) is 29.8 Å². The number of aliphatic hydroxyl groups excluding tert-OH is 1. The minimum Gasteiger partial charge on any atom is -1.00 e. The van der Waals surface area contributed by atoms with Crippen LogP contribution in [0.4, 0.5) is 11.4 Å². The van der Waals surface area contributed by atoms with Gasteiger partial charge in [0.2, 0.25) is 0 Å². The Balaban J connectivity index is 0.00000180. The van der Waals surface area contributed by atoms with Gasteiger partial charge in [-0.05, 0) is 24.3 Å². The van der Waals surface area contributed by atoms with Crippen molar-refractivity contribution < 1.29 is 22.0 Å². The third kappa shape index (κ3) is 3.75. The van der Waals surface area contributed by atoms with Crippen LogP contribution in [0.15, 0.2) is 24.3 Å². The lowest BCUT2D eigenvalue weighted by Crippen LogP contribution is -3.00. The molecule has 0 spiro atoms. The summed E-state index contributed by atoms with van der Waals surface area (Å²) in [6.07, 6.45) is 1.18. The molecular weight excluding hydrogens is 262 g/mol. The first-order chi connectivity index (χ1) is 8.53. The highest BCUT2D eigenvalue weighted by Gasteiger charge is 2.34. The van der Waals surface area contributed by atoms with E-state index in [9.17, 15) is 0 Å². The Bertz CT molecular complexity index is 394. The van der Waals surface area contributed by atoms with Crippen molar-refractivity contribution in [3.63, 3.8) is 0 Å². The van der Waals surface area contributed by atoms with Gasteiger partial charge >= 0.3 is 0 Å².